The Morgan fingerprint density at radius 3 is 0.747 bits per heavy atom. The monoisotopic (exact) mass is 3000 g/mol. The number of hydrogen-bond donors (Lipinski definition) is 4. The number of para-hydroxylation sites is 1. The van der Waals surface area contributed by atoms with E-state index in [0.29, 0.717) is 5.69 Å². The number of thiazole rings is 1. The molecule has 0 amide bonds. The maximum Gasteiger partial charge on any atom is 3.00 e. The Morgan fingerprint density at radius 2 is 0.520 bits per heavy atom. The minimum absolute atomic E-state index is 0. The number of thiophene rings is 1. The fourth-order valence-electron chi connectivity index (χ4n) is 11.8. The predicted molar refractivity (Wildman–Crippen MR) is 576 cm³/mol. The Hall–Kier alpha value is -14.1. The van der Waals surface area contributed by atoms with Gasteiger partial charge in [0, 0.05) is 181 Å². The van der Waals surface area contributed by atoms with Crippen molar-refractivity contribution >= 4 is 66.1 Å². The van der Waals surface area contributed by atoms with Crippen LogP contribution < -0.4 is 0 Å². The maximum atomic E-state index is 13.2. The van der Waals surface area contributed by atoms with Gasteiger partial charge in [-0.2, -0.15) is 11.3 Å². The van der Waals surface area contributed by atoms with Gasteiger partial charge in [0.05, 0.1) is 28.6 Å². The van der Waals surface area contributed by atoms with Crippen LogP contribution in [0.5, 0.6) is 0 Å². The van der Waals surface area contributed by atoms with E-state index in [1.54, 1.807) is 84.3 Å². The summed E-state index contributed by atoms with van der Waals surface area (Å²) in [5, 5.41) is 35.7. The van der Waals surface area contributed by atoms with E-state index in [9.17, 15) is 28.0 Å². The number of aromatic nitrogens is 9. The normalized spacial score (nSPS) is 9.85. The van der Waals surface area contributed by atoms with E-state index < -0.39 is 11.6 Å². The summed E-state index contributed by atoms with van der Waals surface area (Å²) in [7, 11) is 0. The third kappa shape index (κ3) is 54.2. The molecule has 0 saturated carbocycles. The van der Waals surface area contributed by atoms with Crippen LogP contribution >= 0.6 is 22.7 Å². The van der Waals surface area contributed by atoms with Crippen LogP contribution in [0.3, 0.4) is 0 Å². The van der Waals surface area contributed by atoms with Crippen molar-refractivity contribution in [2.45, 2.75) is 55.4 Å². The number of ketones is 4. The van der Waals surface area contributed by atoms with Gasteiger partial charge in [0.25, 0.3) is 0 Å². The van der Waals surface area contributed by atoms with Gasteiger partial charge in [-0.3, -0.25) is 32.9 Å². The SMILES string of the molecule is CC(=O)C=C(C)O.CC(=O)C=C(C)O.CC(=O)C=C(C)O.CC(=O)C=C(C)O.Fc1c[c-]c(-c2ccccn2)c(F)c1.[Ir].[Ir].[Ir].[Ir].[Pt+2].[Rh+3].[c-]1c(-c2ccccn2)sc2ccccc12.[c-]1ccccc1-c1ccccn1.[c-]1ccccc1-c1ccccn1.[c-]1ccccc1-c1ccccn1.[c-]1ccccc1-c1ccccn1.[c-]1ccccc1-c1ccccn1.[c-]1ccccc1-c1ccccn1.[c-]1ccccc1-c1nc2ccccc2s1. The molecule has 0 bridgehead atoms. The van der Waals surface area contributed by atoms with Gasteiger partial charge in [-0.1, -0.05) is 133 Å². The summed E-state index contributed by atoms with van der Waals surface area (Å²) in [5.74, 6) is -1.54. The predicted octanol–water partition coefficient (Wildman–Crippen LogP) is 29.8. The fraction of sp³-hybridized carbons (Fsp3) is 0.0650. The number of carbonyl (C=O) groups is 4. The van der Waals surface area contributed by atoms with Crippen LogP contribution in [0.4, 0.5) is 8.78 Å². The molecular weight excluding hydrogens is 2900 g/mol. The summed E-state index contributed by atoms with van der Waals surface area (Å²) < 4.78 is 28.3. The zero-order valence-corrected chi connectivity index (χ0v) is 97.4. The fourth-order valence-corrected chi connectivity index (χ4v) is 13.8. The Bertz CT molecular complexity index is 6110. The van der Waals surface area contributed by atoms with Gasteiger partial charge < -0.3 is 60.3 Å². The number of nitrogens with zero attached hydrogens (tertiary/aromatic N) is 9. The molecule has 10 aromatic carbocycles. The number of benzene rings is 10. The summed E-state index contributed by atoms with van der Waals surface area (Å²) in [6, 6.07) is 147. The molecule has 17 nitrogen and oxygen atoms in total. The molecule has 10 aromatic heterocycles. The van der Waals surface area contributed by atoms with Crippen LogP contribution in [0, 0.1) is 66.2 Å². The molecule has 20 rings (SSSR count). The standard InChI is InChI=1S/2C13H8NS.C11H6F2N.6C11H8N.4C5H8O2.4Ir.Pt.Rh/c1-2-7-12-10(5-1)9-13(15-12)11-6-3-4-8-14-11;1-2-6-10(7-3-1)13-14-11-8-4-5-9-12(11)15-13;12-8-4-5-9(10(13)7-8)11-3-1-2-6-14-11;6*1-2-6-10(7-3-1)11-8-4-5-9-12-11;4*1-4(6)3-5(2)7;;;;;;/h1-8H;1-6,8-9H;1-4,6-7H;6*1-6,8-9H;4*3,6H,1-2H3;;;;;;/q9*-1;;;;;;;;;+2;+3. The average Bonchev–Trinajstić information content (AvgIpc) is 1.68. The topological polar surface area (TPSA) is 265 Å². The first kappa shape index (κ1) is 132. The van der Waals surface area contributed by atoms with E-state index in [0.717, 1.165) is 106 Å². The van der Waals surface area contributed by atoms with Crippen LogP contribution in [-0.4, -0.2) is 88.4 Å². The van der Waals surface area contributed by atoms with Crippen LogP contribution in [0.25, 0.3) is 120 Å². The zero-order chi connectivity index (χ0) is 103. The minimum Gasteiger partial charge on any atom is -0.512 e. The van der Waals surface area contributed by atoms with Crippen LogP contribution in [0.2, 0.25) is 0 Å². The van der Waals surface area contributed by atoms with E-state index in [2.05, 4.69) is 124 Å². The summed E-state index contributed by atoms with van der Waals surface area (Å²) in [6.07, 6.45) is 18.8. The third-order valence-electron chi connectivity index (χ3n) is 17.8. The minimum atomic E-state index is -0.649. The van der Waals surface area contributed by atoms with Gasteiger partial charge >= 0.3 is 40.5 Å². The number of aliphatic hydroxyl groups is 4. The van der Waals surface area contributed by atoms with Gasteiger partial charge in [-0.05, 0) is 165 Å². The number of aliphatic hydroxyl groups excluding tert-OH is 4. The quantitative estimate of drug-likeness (QED) is 0.0362. The van der Waals surface area contributed by atoms with Crippen molar-refractivity contribution in [2.75, 3.05) is 0 Å². The first-order valence-corrected chi connectivity index (χ1v) is 46.3. The molecule has 0 aliphatic carbocycles. The van der Waals surface area contributed by atoms with Gasteiger partial charge in [0.1, 0.15) is 0 Å². The third-order valence-corrected chi connectivity index (χ3v) is 20.0. The molecular formula is C123H102F2Ir4N9O8PtRhS2-4. The Labute approximate surface area is 965 Å². The summed E-state index contributed by atoms with van der Waals surface area (Å²) in [6.45, 7) is 11.4. The van der Waals surface area contributed by atoms with Crippen molar-refractivity contribution in [3.05, 3.63) is 539 Å². The van der Waals surface area contributed by atoms with Crippen molar-refractivity contribution in [2.24, 2.45) is 0 Å². The molecule has 4 N–H and O–H groups in total. The van der Waals surface area contributed by atoms with Crippen molar-refractivity contribution in [3.63, 3.8) is 0 Å². The van der Waals surface area contributed by atoms with Gasteiger partial charge in [0.15, 0.2) is 23.1 Å². The van der Waals surface area contributed by atoms with Crippen LogP contribution in [-0.2, 0) is 140 Å². The molecule has 0 unspecified atom stereocenters. The van der Waals surface area contributed by atoms with E-state index in [1.807, 2.05) is 328 Å². The molecule has 0 atom stereocenters. The molecule has 20 aromatic rings. The summed E-state index contributed by atoms with van der Waals surface area (Å²) in [4.78, 5) is 79.3. The summed E-state index contributed by atoms with van der Waals surface area (Å²) in [5.41, 5.74) is 15.8. The average molecular weight is 3000 g/mol. The van der Waals surface area contributed by atoms with Gasteiger partial charge in [-0.15, -0.1) is 287 Å². The van der Waals surface area contributed by atoms with Crippen LogP contribution in [0.1, 0.15) is 55.4 Å². The molecule has 4 radical (unpaired) electrons. The van der Waals surface area contributed by atoms with Gasteiger partial charge in [-0.25, -0.2) is 11.3 Å². The second kappa shape index (κ2) is 78.1. The summed E-state index contributed by atoms with van der Waals surface area (Å²) >= 11 is 3.44. The van der Waals surface area contributed by atoms with E-state index in [1.165, 1.54) is 94.5 Å². The molecule has 0 saturated heterocycles. The first-order chi connectivity index (χ1) is 69.9. The number of carbonyl (C=O) groups excluding carboxylic acids is 4. The number of fused-ring (bicyclic) bond motifs is 2. The molecule has 0 aliphatic rings. The van der Waals surface area contributed by atoms with E-state index in [-0.39, 0.29) is 173 Å². The molecule has 0 aliphatic heterocycles. The first-order valence-electron chi connectivity index (χ1n) is 44.7. The molecule has 0 fully saturated rings. The zero-order valence-electron chi connectivity index (χ0n) is 82.2. The molecule has 150 heavy (non-hydrogen) atoms. The molecule has 0 spiro atoms. The number of halogens is 2. The Morgan fingerprint density at radius 1 is 0.280 bits per heavy atom. The Kier molecular flexibility index (Phi) is 68.7. The number of rotatable bonds is 13. The van der Waals surface area contributed by atoms with Crippen molar-refractivity contribution in [1.82, 2.24) is 44.9 Å². The van der Waals surface area contributed by atoms with E-state index in [4.69, 9.17) is 20.4 Å². The maximum absolute atomic E-state index is 13.2. The van der Waals surface area contributed by atoms with Crippen molar-refractivity contribution in [3.8, 4) is 99.9 Å². The molecule has 27 heteroatoms. The van der Waals surface area contributed by atoms with Gasteiger partial charge in [0.2, 0.25) is 0 Å². The second-order valence-electron chi connectivity index (χ2n) is 29.8. The molecule has 772 valence electrons. The largest absolute Gasteiger partial charge is 3.00 e. The number of hydrogen-bond acceptors (Lipinski definition) is 19. The van der Waals surface area contributed by atoms with Crippen LogP contribution in [0.15, 0.2) is 473 Å². The van der Waals surface area contributed by atoms with E-state index >= 15 is 0 Å². The Balaban J connectivity index is 0.000000551. The van der Waals surface area contributed by atoms with Crippen molar-refractivity contribution < 1.29 is 169 Å². The molecule has 10 heterocycles. The second-order valence-corrected chi connectivity index (χ2v) is 31.9. The number of pyridine rings is 8. The number of allylic oxidation sites excluding steroid dienone is 8. The smallest absolute Gasteiger partial charge is 0.512 e. The van der Waals surface area contributed by atoms with Crippen molar-refractivity contribution in [1.29, 1.82) is 0 Å².